The summed E-state index contributed by atoms with van der Waals surface area (Å²) in [5.41, 5.74) is 4.05. The molecule has 0 unspecified atom stereocenters. The molecule has 0 aliphatic heterocycles. The van der Waals surface area contributed by atoms with Gasteiger partial charge < -0.3 is 10.1 Å². The van der Waals surface area contributed by atoms with Gasteiger partial charge >= 0.3 is 0 Å². The van der Waals surface area contributed by atoms with Crippen LogP contribution < -0.4 is 10.1 Å². The lowest BCUT2D eigenvalue weighted by molar-refractivity contribution is -0.118. The number of nitrogens with one attached hydrogen (secondary N) is 1. The first-order valence-electron chi connectivity index (χ1n) is 8.18. The number of hydrogen-bond acceptors (Lipinski definition) is 4. The second kappa shape index (κ2) is 7.94. The molecule has 3 rings (SSSR count). The van der Waals surface area contributed by atoms with Crippen LogP contribution in [0.5, 0.6) is 5.75 Å². The minimum atomic E-state index is -0.173. The number of carbonyl (C=O) groups is 1. The van der Waals surface area contributed by atoms with E-state index in [-0.39, 0.29) is 12.5 Å². The highest BCUT2D eigenvalue weighted by molar-refractivity contribution is 7.13. The highest BCUT2D eigenvalue weighted by Crippen LogP contribution is 2.25. The monoisotopic (exact) mass is 352 g/mol. The van der Waals surface area contributed by atoms with Gasteiger partial charge in [-0.05, 0) is 55.3 Å². The number of rotatable bonds is 6. The van der Waals surface area contributed by atoms with E-state index >= 15 is 0 Å². The van der Waals surface area contributed by atoms with Crippen molar-refractivity contribution < 1.29 is 9.53 Å². The Hall–Kier alpha value is -2.66. The van der Waals surface area contributed by atoms with E-state index < -0.39 is 0 Å². The zero-order valence-electron chi connectivity index (χ0n) is 14.3. The Bertz CT molecular complexity index is 856. The zero-order valence-corrected chi connectivity index (χ0v) is 15.1. The molecule has 0 bridgehead atoms. The van der Waals surface area contributed by atoms with Gasteiger partial charge in [0.2, 0.25) is 0 Å². The summed E-state index contributed by atoms with van der Waals surface area (Å²) in [5.74, 6) is 0.488. The summed E-state index contributed by atoms with van der Waals surface area (Å²) in [6.07, 6.45) is 0.936. The summed E-state index contributed by atoms with van der Waals surface area (Å²) in [4.78, 5) is 16.5. The molecule has 1 amide bonds. The van der Waals surface area contributed by atoms with Crippen molar-refractivity contribution in [2.45, 2.75) is 20.3 Å². The fourth-order valence-corrected chi connectivity index (χ4v) is 3.20. The lowest BCUT2D eigenvalue weighted by atomic mass is 10.1. The largest absolute Gasteiger partial charge is 0.484 e. The number of benzene rings is 2. The van der Waals surface area contributed by atoms with E-state index in [0.29, 0.717) is 5.75 Å². The van der Waals surface area contributed by atoms with E-state index in [1.165, 1.54) is 5.56 Å². The van der Waals surface area contributed by atoms with E-state index in [0.717, 1.165) is 28.4 Å². The molecule has 128 valence electrons. The van der Waals surface area contributed by atoms with E-state index in [2.05, 4.69) is 17.2 Å². The van der Waals surface area contributed by atoms with E-state index in [9.17, 15) is 4.79 Å². The first kappa shape index (κ1) is 17.2. The average Bonchev–Trinajstić information content (AvgIpc) is 3.07. The van der Waals surface area contributed by atoms with E-state index in [1.54, 1.807) is 11.3 Å². The first-order valence-corrected chi connectivity index (χ1v) is 9.06. The van der Waals surface area contributed by atoms with Crippen molar-refractivity contribution in [2.24, 2.45) is 0 Å². The molecule has 1 N–H and O–H groups in total. The Morgan fingerprint density at radius 2 is 2.00 bits per heavy atom. The normalized spacial score (nSPS) is 10.5. The number of carbonyl (C=O) groups excluding carboxylic acids is 1. The van der Waals surface area contributed by atoms with Gasteiger partial charge in [-0.15, -0.1) is 11.3 Å². The molecule has 0 aliphatic rings. The molecule has 5 heteroatoms. The molecule has 0 radical (unpaired) electrons. The maximum absolute atomic E-state index is 12.0. The molecule has 25 heavy (non-hydrogen) atoms. The molecule has 1 aromatic heterocycles. The zero-order chi connectivity index (χ0) is 17.6. The maximum Gasteiger partial charge on any atom is 0.262 e. The number of nitrogens with zero attached hydrogens (tertiary/aromatic N) is 1. The number of ether oxygens (including phenoxy) is 1. The fourth-order valence-electron chi connectivity index (χ4n) is 2.40. The van der Waals surface area contributed by atoms with Gasteiger partial charge in [-0.1, -0.05) is 19.1 Å². The van der Waals surface area contributed by atoms with Crippen LogP contribution in [0.3, 0.4) is 0 Å². The van der Waals surface area contributed by atoms with Gasteiger partial charge in [-0.3, -0.25) is 4.79 Å². The van der Waals surface area contributed by atoms with Crippen LogP contribution in [0.4, 0.5) is 5.69 Å². The number of anilines is 1. The van der Waals surface area contributed by atoms with Crippen LogP contribution in [0.15, 0.2) is 53.9 Å². The minimum absolute atomic E-state index is 0.0218. The molecule has 4 nitrogen and oxygen atoms in total. The third-order valence-electron chi connectivity index (χ3n) is 3.71. The summed E-state index contributed by atoms with van der Waals surface area (Å²) >= 11 is 1.61. The summed E-state index contributed by atoms with van der Waals surface area (Å²) in [6.45, 7) is 4.04. The van der Waals surface area contributed by atoms with Gasteiger partial charge in [-0.25, -0.2) is 4.98 Å². The van der Waals surface area contributed by atoms with Crippen LogP contribution in [0.1, 0.15) is 18.2 Å². The molecule has 0 atom stereocenters. The summed E-state index contributed by atoms with van der Waals surface area (Å²) in [7, 11) is 0. The van der Waals surface area contributed by atoms with E-state index in [4.69, 9.17) is 4.74 Å². The predicted octanol–water partition coefficient (Wildman–Crippen LogP) is 4.70. The number of aryl methyl sites for hydroxylation is 2. The van der Waals surface area contributed by atoms with Crippen LogP contribution in [0, 0.1) is 6.92 Å². The van der Waals surface area contributed by atoms with Crippen LogP contribution in [0.2, 0.25) is 0 Å². The standard InChI is InChI=1S/C20H20N2O2S/c1-3-15-5-4-6-17(11-15)22-19(23)12-24-18-9-7-16(8-10-18)20-21-14(2)13-25-20/h4-11,13H,3,12H2,1-2H3,(H,22,23). The van der Waals surface area contributed by atoms with Crippen molar-refractivity contribution in [1.82, 2.24) is 4.98 Å². The minimum Gasteiger partial charge on any atom is -0.484 e. The Morgan fingerprint density at radius 1 is 1.20 bits per heavy atom. The van der Waals surface area contributed by atoms with Gasteiger partial charge in [0.15, 0.2) is 6.61 Å². The molecule has 0 spiro atoms. The lowest BCUT2D eigenvalue weighted by Crippen LogP contribution is -2.20. The molecule has 0 aliphatic carbocycles. The van der Waals surface area contributed by atoms with Crippen molar-refractivity contribution in [3.8, 4) is 16.3 Å². The molecule has 1 heterocycles. The Balaban J connectivity index is 1.55. The Morgan fingerprint density at radius 3 is 2.68 bits per heavy atom. The number of hydrogen-bond donors (Lipinski definition) is 1. The van der Waals surface area contributed by atoms with Crippen LogP contribution in [-0.4, -0.2) is 17.5 Å². The third kappa shape index (κ3) is 4.67. The third-order valence-corrected chi connectivity index (χ3v) is 4.72. The van der Waals surface area contributed by atoms with Gasteiger partial charge in [0, 0.05) is 22.3 Å². The summed E-state index contributed by atoms with van der Waals surface area (Å²) in [5, 5.41) is 5.86. The second-order valence-electron chi connectivity index (χ2n) is 5.71. The Kier molecular flexibility index (Phi) is 5.46. The van der Waals surface area contributed by atoms with Crippen molar-refractivity contribution in [2.75, 3.05) is 11.9 Å². The topological polar surface area (TPSA) is 51.2 Å². The fraction of sp³-hybridized carbons (Fsp3) is 0.200. The molecule has 0 saturated carbocycles. The van der Waals surface area contributed by atoms with E-state index in [1.807, 2.05) is 60.8 Å². The quantitative estimate of drug-likeness (QED) is 0.700. The highest BCUT2D eigenvalue weighted by Gasteiger charge is 2.06. The van der Waals surface area contributed by atoms with Crippen molar-refractivity contribution >= 4 is 22.9 Å². The molecule has 0 saturated heterocycles. The van der Waals surface area contributed by atoms with Gasteiger partial charge in [0.05, 0.1) is 0 Å². The summed E-state index contributed by atoms with van der Waals surface area (Å²) < 4.78 is 5.56. The lowest BCUT2D eigenvalue weighted by Gasteiger charge is -2.09. The molecule has 0 fully saturated rings. The number of aromatic nitrogens is 1. The van der Waals surface area contributed by atoms with Crippen LogP contribution in [-0.2, 0) is 11.2 Å². The van der Waals surface area contributed by atoms with Crippen molar-refractivity contribution in [1.29, 1.82) is 0 Å². The maximum atomic E-state index is 12.0. The summed E-state index contributed by atoms with van der Waals surface area (Å²) in [6, 6.07) is 15.5. The van der Waals surface area contributed by atoms with Gasteiger partial charge in [-0.2, -0.15) is 0 Å². The first-order chi connectivity index (χ1) is 12.1. The average molecular weight is 352 g/mol. The number of amides is 1. The van der Waals surface area contributed by atoms with Crippen LogP contribution >= 0.6 is 11.3 Å². The molecular weight excluding hydrogens is 332 g/mol. The molecule has 3 aromatic rings. The van der Waals surface area contributed by atoms with Crippen molar-refractivity contribution in [3.05, 3.63) is 65.2 Å². The molecule has 2 aromatic carbocycles. The van der Waals surface area contributed by atoms with Crippen molar-refractivity contribution in [3.63, 3.8) is 0 Å². The second-order valence-corrected chi connectivity index (χ2v) is 6.57. The highest BCUT2D eigenvalue weighted by atomic mass is 32.1. The predicted molar refractivity (Wildman–Crippen MR) is 102 cm³/mol. The smallest absolute Gasteiger partial charge is 0.262 e. The van der Waals surface area contributed by atoms with Gasteiger partial charge in [0.1, 0.15) is 10.8 Å². The van der Waals surface area contributed by atoms with Gasteiger partial charge in [0.25, 0.3) is 5.91 Å². The SMILES string of the molecule is CCc1cccc(NC(=O)COc2ccc(-c3nc(C)cs3)cc2)c1. The van der Waals surface area contributed by atoms with Crippen LogP contribution in [0.25, 0.3) is 10.6 Å². The Labute approximate surface area is 151 Å². The number of thiazole rings is 1. The molecular formula is C20H20N2O2S.